The predicted octanol–water partition coefficient (Wildman–Crippen LogP) is 1.66. The second kappa shape index (κ2) is 6.22. The summed E-state index contributed by atoms with van der Waals surface area (Å²) in [7, 11) is 1.55. The Hall–Kier alpha value is -2.04. The summed E-state index contributed by atoms with van der Waals surface area (Å²) in [6.45, 7) is 0.383. The average molecular weight is 274 g/mol. The summed E-state index contributed by atoms with van der Waals surface area (Å²) in [6.07, 6.45) is -2.57. The summed E-state index contributed by atoms with van der Waals surface area (Å²) in [4.78, 5) is 13.0. The molecule has 0 fully saturated rings. The number of nitriles is 1. The van der Waals surface area contributed by atoms with E-state index in [4.69, 9.17) is 5.26 Å². The van der Waals surface area contributed by atoms with Crippen LogP contribution in [-0.2, 0) is 17.5 Å². The van der Waals surface area contributed by atoms with Gasteiger partial charge in [-0.3, -0.25) is 9.48 Å². The molecule has 5 nitrogen and oxygen atoms in total. The van der Waals surface area contributed by atoms with E-state index in [1.54, 1.807) is 7.05 Å². The van der Waals surface area contributed by atoms with E-state index in [1.165, 1.54) is 4.90 Å². The highest BCUT2D eigenvalue weighted by molar-refractivity contribution is 5.75. The smallest absolute Gasteiger partial charge is 0.345 e. The number of carbonyl (C=O) groups excluding carboxylic acids is 1. The van der Waals surface area contributed by atoms with E-state index in [0.29, 0.717) is 6.54 Å². The van der Waals surface area contributed by atoms with Crippen molar-refractivity contribution in [3.8, 4) is 6.07 Å². The van der Waals surface area contributed by atoms with Gasteiger partial charge in [-0.25, -0.2) is 0 Å². The van der Waals surface area contributed by atoms with Crippen LogP contribution in [0.3, 0.4) is 0 Å². The van der Waals surface area contributed by atoms with Crippen molar-refractivity contribution in [1.82, 2.24) is 14.7 Å². The number of alkyl halides is 3. The van der Waals surface area contributed by atoms with Gasteiger partial charge in [-0.15, -0.1) is 0 Å². The topological polar surface area (TPSA) is 61.9 Å². The zero-order valence-electron chi connectivity index (χ0n) is 10.3. The van der Waals surface area contributed by atoms with E-state index >= 15 is 0 Å². The Kier molecular flexibility index (Phi) is 4.92. The van der Waals surface area contributed by atoms with Gasteiger partial charge in [0.15, 0.2) is 0 Å². The van der Waals surface area contributed by atoms with Gasteiger partial charge in [-0.1, -0.05) is 0 Å². The molecule has 0 saturated carbocycles. The zero-order chi connectivity index (χ0) is 14.5. The van der Waals surface area contributed by atoms with Gasteiger partial charge in [0.05, 0.1) is 24.3 Å². The zero-order valence-corrected chi connectivity index (χ0v) is 10.3. The molecule has 1 heterocycles. The van der Waals surface area contributed by atoms with Crippen LogP contribution in [0.4, 0.5) is 13.2 Å². The molecule has 0 spiro atoms. The molecule has 0 bridgehead atoms. The molecule has 0 N–H and O–H groups in total. The second-order valence-corrected chi connectivity index (χ2v) is 3.96. The van der Waals surface area contributed by atoms with Crippen LogP contribution in [0.2, 0.25) is 0 Å². The van der Waals surface area contributed by atoms with E-state index in [2.05, 4.69) is 5.10 Å². The fraction of sp³-hybridized carbons (Fsp3) is 0.545. The summed E-state index contributed by atoms with van der Waals surface area (Å²) in [5.74, 6) is -0.237. The number of hydrogen-bond donors (Lipinski definition) is 0. The molecule has 1 aromatic rings. The third-order valence-electron chi connectivity index (χ3n) is 2.50. The normalized spacial score (nSPS) is 11.1. The molecule has 8 heteroatoms. The molecule has 0 aliphatic heterocycles. The molecule has 0 aliphatic carbocycles. The molecule has 0 aromatic carbocycles. The SMILES string of the molecule is CN(CCC#N)C(=O)CCn1cc(C(F)(F)F)cn1. The predicted molar refractivity (Wildman–Crippen MR) is 59.7 cm³/mol. The molecule has 19 heavy (non-hydrogen) atoms. The molecule has 1 rings (SSSR count). The first-order valence-electron chi connectivity index (χ1n) is 5.55. The lowest BCUT2D eigenvalue weighted by molar-refractivity contribution is -0.137. The van der Waals surface area contributed by atoms with Crippen LogP contribution in [0.15, 0.2) is 12.4 Å². The number of rotatable bonds is 5. The maximum Gasteiger partial charge on any atom is 0.419 e. The van der Waals surface area contributed by atoms with Crippen molar-refractivity contribution in [1.29, 1.82) is 5.26 Å². The Morgan fingerprint density at radius 2 is 2.26 bits per heavy atom. The van der Waals surface area contributed by atoms with Crippen molar-refractivity contribution in [2.24, 2.45) is 0 Å². The molecular weight excluding hydrogens is 261 g/mol. The van der Waals surface area contributed by atoms with Crippen molar-refractivity contribution >= 4 is 5.91 Å². The van der Waals surface area contributed by atoms with Gasteiger partial charge in [0.1, 0.15) is 0 Å². The van der Waals surface area contributed by atoms with Crippen molar-refractivity contribution in [2.45, 2.75) is 25.6 Å². The molecule has 104 valence electrons. The number of aromatic nitrogens is 2. The maximum absolute atomic E-state index is 12.3. The quantitative estimate of drug-likeness (QED) is 0.820. The van der Waals surface area contributed by atoms with Crippen LogP contribution in [0, 0.1) is 11.3 Å². The lowest BCUT2D eigenvalue weighted by atomic mass is 10.3. The minimum Gasteiger partial charge on any atom is -0.345 e. The van der Waals surface area contributed by atoms with Crippen molar-refractivity contribution in [3.63, 3.8) is 0 Å². The third-order valence-corrected chi connectivity index (χ3v) is 2.50. The second-order valence-electron chi connectivity index (χ2n) is 3.96. The number of halogens is 3. The van der Waals surface area contributed by atoms with Gasteiger partial charge < -0.3 is 4.90 Å². The van der Waals surface area contributed by atoms with E-state index in [9.17, 15) is 18.0 Å². The Labute approximate surface area is 108 Å². The first-order valence-corrected chi connectivity index (χ1v) is 5.55. The largest absolute Gasteiger partial charge is 0.419 e. The van der Waals surface area contributed by atoms with Gasteiger partial charge in [-0.05, 0) is 0 Å². The molecular formula is C11H13F3N4O. The van der Waals surface area contributed by atoms with E-state index < -0.39 is 11.7 Å². The Morgan fingerprint density at radius 3 is 2.79 bits per heavy atom. The summed E-state index contributed by atoms with van der Waals surface area (Å²) in [5.41, 5.74) is -0.835. The number of aryl methyl sites for hydroxylation is 1. The van der Waals surface area contributed by atoms with Gasteiger partial charge >= 0.3 is 6.18 Å². The van der Waals surface area contributed by atoms with Crippen molar-refractivity contribution in [3.05, 3.63) is 18.0 Å². The number of nitrogens with zero attached hydrogens (tertiary/aromatic N) is 4. The van der Waals surface area contributed by atoms with E-state index in [0.717, 1.165) is 17.1 Å². The summed E-state index contributed by atoms with van der Waals surface area (Å²) in [5, 5.41) is 11.9. The van der Waals surface area contributed by atoms with Gasteiger partial charge in [-0.2, -0.15) is 23.5 Å². The Morgan fingerprint density at radius 1 is 1.58 bits per heavy atom. The van der Waals surface area contributed by atoms with Crippen LogP contribution in [0.25, 0.3) is 0 Å². The summed E-state index contributed by atoms with van der Waals surface area (Å²) >= 11 is 0. The lowest BCUT2D eigenvalue weighted by Gasteiger charge is -2.15. The van der Waals surface area contributed by atoms with Gasteiger partial charge in [0.25, 0.3) is 0 Å². The first-order chi connectivity index (χ1) is 8.84. The maximum atomic E-state index is 12.3. The Balaban J connectivity index is 2.47. The average Bonchev–Trinajstić information content (AvgIpc) is 2.81. The van der Waals surface area contributed by atoms with E-state index in [-0.39, 0.29) is 25.3 Å². The molecule has 0 unspecified atom stereocenters. The first kappa shape index (κ1) is 15.0. The van der Waals surface area contributed by atoms with Crippen LogP contribution in [0.1, 0.15) is 18.4 Å². The highest BCUT2D eigenvalue weighted by atomic mass is 19.4. The number of carbonyl (C=O) groups is 1. The third kappa shape index (κ3) is 4.62. The molecule has 0 radical (unpaired) electrons. The van der Waals surface area contributed by atoms with Crippen LogP contribution in [0.5, 0.6) is 0 Å². The minimum absolute atomic E-state index is 0.0426. The molecule has 1 aromatic heterocycles. The van der Waals surface area contributed by atoms with Gasteiger partial charge in [0, 0.05) is 32.8 Å². The van der Waals surface area contributed by atoms with Crippen molar-refractivity contribution < 1.29 is 18.0 Å². The Bertz CT molecular complexity index is 475. The summed E-state index contributed by atoms with van der Waals surface area (Å²) < 4.78 is 38.0. The molecule has 1 amide bonds. The summed E-state index contributed by atoms with van der Waals surface area (Å²) in [6, 6.07) is 1.91. The number of amides is 1. The van der Waals surface area contributed by atoms with Crippen LogP contribution >= 0.6 is 0 Å². The van der Waals surface area contributed by atoms with Crippen LogP contribution in [-0.4, -0.2) is 34.2 Å². The minimum atomic E-state index is -4.42. The highest BCUT2D eigenvalue weighted by Gasteiger charge is 2.32. The monoisotopic (exact) mass is 274 g/mol. The standard InChI is InChI=1S/C11H13F3N4O/c1-17(5-2-4-15)10(19)3-6-18-8-9(7-16-18)11(12,13)14/h7-8H,2-3,5-6H2,1H3. The molecule has 0 atom stereocenters. The lowest BCUT2D eigenvalue weighted by Crippen LogP contribution is -2.28. The fourth-order valence-corrected chi connectivity index (χ4v) is 1.38. The molecule has 0 saturated heterocycles. The number of hydrogen-bond acceptors (Lipinski definition) is 3. The highest BCUT2D eigenvalue weighted by Crippen LogP contribution is 2.28. The van der Waals surface area contributed by atoms with Gasteiger partial charge in [0.2, 0.25) is 5.91 Å². The molecule has 0 aliphatic rings. The van der Waals surface area contributed by atoms with Crippen molar-refractivity contribution in [2.75, 3.05) is 13.6 Å². The van der Waals surface area contributed by atoms with Crippen LogP contribution < -0.4 is 0 Å². The fourth-order valence-electron chi connectivity index (χ4n) is 1.38. The van der Waals surface area contributed by atoms with E-state index in [1.807, 2.05) is 6.07 Å².